The summed E-state index contributed by atoms with van der Waals surface area (Å²) in [6, 6.07) is 16.9. The Morgan fingerprint density at radius 2 is 1.65 bits per heavy atom. The van der Waals surface area contributed by atoms with Gasteiger partial charge in [-0.15, -0.1) is 0 Å². The summed E-state index contributed by atoms with van der Waals surface area (Å²) in [4.78, 5) is 12.5. The summed E-state index contributed by atoms with van der Waals surface area (Å²) in [6.45, 7) is 0. The second-order valence-electron chi connectivity index (χ2n) is 5.83. The monoisotopic (exact) mass is 389 g/mol. The Labute approximate surface area is 156 Å². The maximum Gasteiger partial charge on any atom is 0.345 e. The van der Waals surface area contributed by atoms with E-state index >= 15 is 0 Å². The van der Waals surface area contributed by atoms with Gasteiger partial charge in [0.15, 0.2) is 0 Å². The molecule has 3 rings (SSSR count). The van der Waals surface area contributed by atoms with E-state index in [0.717, 1.165) is 15.1 Å². The lowest BCUT2D eigenvalue weighted by atomic mass is 10.1. The van der Waals surface area contributed by atoms with Crippen LogP contribution in [0, 0.1) is 0 Å². The number of nitrogens with zero attached hydrogens (tertiary/aromatic N) is 1. The van der Waals surface area contributed by atoms with E-state index in [2.05, 4.69) is 0 Å². The highest BCUT2D eigenvalue weighted by Gasteiger charge is 2.21. The Kier molecular flexibility index (Phi) is 5.00. The number of carbonyl (C=O) groups is 1. The number of fused-ring (bicyclic) bond motifs is 1. The van der Waals surface area contributed by atoms with Gasteiger partial charge in [-0.1, -0.05) is 41.9 Å². The normalized spacial score (nSPS) is 11.7. The van der Waals surface area contributed by atoms with Gasteiger partial charge in [0.2, 0.25) is 10.0 Å². The number of esters is 1. The van der Waals surface area contributed by atoms with Gasteiger partial charge in [-0.2, -0.15) is 0 Å². The molecule has 0 aliphatic heterocycles. The van der Waals surface area contributed by atoms with Crippen LogP contribution in [-0.4, -0.2) is 32.8 Å². The number of carbonyl (C=O) groups excluding carboxylic acids is 1. The van der Waals surface area contributed by atoms with Crippen molar-refractivity contribution in [3.8, 4) is 5.75 Å². The van der Waals surface area contributed by atoms with Gasteiger partial charge < -0.3 is 4.74 Å². The summed E-state index contributed by atoms with van der Waals surface area (Å²) in [5.74, 6) is -0.369. The minimum atomic E-state index is -3.68. The molecule has 0 N–H and O–H groups in total. The second-order valence-corrected chi connectivity index (χ2v) is 8.39. The number of hydrogen-bond acceptors (Lipinski definition) is 4. The molecule has 3 aromatic carbocycles. The van der Waals surface area contributed by atoms with E-state index in [1.807, 2.05) is 30.3 Å². The predicted octanol–water partition coefficient (Wildman–Crippen LogP) is 3.96. The molecule has 0 saturated heterocycles. The fraction of sp³-hybridized carbons (Fsp3) is 0.105. The van der Waals surface area contributed by atoms with Crippen LogP contribution in [0.15, 0.2) is 65.6 Å². The third-order valence-electron chi connectivity index (χ3n) is 3.87. The van der Waals surface area contributed by atoms with Gasteiger partial charge in [-0.05, 0) is 41.1 Å². The fourth-order valence-electron chi connectivity index (χ4n) is 2.42. The summed E-state index contributed by atoms with van der Waals surface area (Å²) < 4.78 is 31.0. The van der Waals surface area contributed by atoms with E-state index in [0.29, 0.717) is 5.75 Å². The Morgan fingerprint density at radius 1 is 0.962 bits per heavy atom. The van der Waals surface area contributed by atoms with Crippen LogP contribution in [0.4, 0.5) is 0 Å². The summed E-state index contributed by atoms with van der Waals surface area (Å²) in [6.07, 6.45) is 0. The van der Waals surface area contributed by atoms with Crippen molar-refractivity contribution in [1.82, 2.24) is 4.31 Å². The molecular formula is C19H16ClNO4S. The zero-order chi connectivity index (χ0) is 18.9. The predicted molar refractivity (Wildman–Crippen MR) is 101 cm³/mol. The van der Waals surface area contributed by atoms with E-state index in [1.54, 1.807) is 12.1 Å². The number of hydrogen-bond donors (Lipinski definition) is 0. The molecule has 7 heteroatoms. The third-order valence-corrected chi connectivity index (χ3v) is 6.01. The van der Waals surface area contributed by atoms with Crippen molar-refractivity contribution in [1.29, 1.82) is 0 Å². The van der Waals surface area contributed by atoms with Gasteiger partial charge in [0, 0.05) is 14.1 Å². The summed E-state index contributed by atoms with van der Waals surface area (Å²) in [5, 5.41) is 2.06. The van der Waals surface area contributed by atoms with Crippen LogP contribution < -0.4 is 4.74 Å². The molecule has 3 aromatic rings. The number of rotatable bonds is 4. The average molecular weight is 390 g/mol. The van der Waals surface area contributed by atoms with Crippen molar-refractivity contribution in [2.45, 2.75) is 4.90 Å². The number of ether oxygens (including phenoxy) is 1. The van der Waals surface area contributed by atoms with Crippen LogP contribution in [0.3, 0.4) is 0 Å². The molecule has 5 nitrogen and oxygen atoms in total. The molecule has 134 valence electrons. The fourth-order valence-corrected chi connectivity index (χ4v) is 3.55. The average Bonchev–Trinajstić information content (AvgIpc) is 2.61. The van der Waals surface area contributed by atoms with Crippen LogP contribution in [0.2, 0.25) is 5.02 Å². The molecule has 26 heavy (non-hydrogen) atoms. The maximum atomic E-state index is 12.5. The molecule has 0 aliphatic carbocycles. The quantitative estimate of drug-likeness (QED) is 0.500. The second kappa shape index (κ2) is 7.07. The van der Waals surface area contributed by atoms with Crippen molar-refractivity contribution in [3.63, 3.8) is 0 Å². The van der Waals surface area contributed by atoms with E-state index in [1.165, 1.54) is 32.3 Å². The molecule has 0 heterocycles. The van der Waals surface area contributed by atoms with Crippen molar-refractivity contribution < 1.29 is 17.9 Å². The molecule has 0 saturated carbocycles. The first-order chi connectivity index (χ1) is 12.3. The van der Waals surface area contributed by atoms with Crippen molar-refractivity contribution in [2.75, 3.05) is 14.1 Å². The van der Waals surface area contributed by atoms with Crippen molar-refractivity contribution in [3.05, 3.63) is 71.2 Å². The van der Waals surface area contributed by atoms with E-state index < -0.39 is 16.0 Å². The highest BCUT2D eigenvalue weighted by atomic mass is 35.5. The van der Waals surface area contributed by atoms with Crippen LogP contribution >= 0.6 is 11.6 Å². The Bertz CT molecular complexity index is 1090. The summed E-state index contributed by atoms with van der Waals surface area (Å²) >= 11 is 6.07. The van der Waals surface area contributed by atoms with Crippen LogP contribution in [-0.2, 0) is 10.0 Å². The first kappa shape index (κ1) is 18.4. The topological polar surface area (TPSA) is 63.7 Å². The minimum absolute atomic E-state index is 0.0113. The zero-order valence-corrected chi connectivity index (χ0v) is 15.7. The van der Waals surface area contributed by atoms with E-state index in [9.17, 15) is 13.2 Å². The number of benzene rings is 3. The number of sulfonamides is 1. The Hall–Kier alpha value is -2.41. The van der Waals surface area contributed by atoms with Crippen molar-refractivity contribution in [2.24, 2.45) is 0 Å². The minimum Gasteiger partial charge on any atom is -0.423 e. The van der Waals surface area contributed by atoms with Crippen LogP contribution in [0.25, 0.3) is 10.8 Å². The summed E-state index contributed by atoms with van der Waals surface area (Å²) in [7, 11) is -0.857. The van der Waals surface area contributed by atoms with Gasteiger partial charge in [-0.25, -0.2) is 17.5 Å². The smallest absolute Gasteiger partial charge is 0.345 e. The summed E-state index contributed by atoms with van der Waals surface area (Å²) in [5.41, 5.74) is -0.0113. The first-order valence-electron chi connectivity index (χ1n) is 7.72. The molecule has 0 atom stereocenters. The maximum absolute atomic E-state index is 12.5. The molecule has 0 radical (unpaired) electrons. The molecular weight excluding hydrogens is 374 g/mol. The standard InChI is InChI=1S/C19H16ClNO4S/c1-21(2)26(23,24)16-9-10-18(20)17(12-16)19(22)25-15-8-7-13-5-3-4-6-14(13)11-15/h3-12H,1-2H3. The van der Waals surface area contributed by atoms with Gasteiger partial charge in [0.25, 0.3) is 0 Å². The van der Waals surface area contributed by atoms with Gasteiger partial charge in [0.1, 0.15) is 5.75 Å². The van der Waals surface area contributed by atoms with Gasteiger partial charge >= 0.3 is 5.97 Å². The van der Waals surface area contributed by atoms with Gasteiger partial charge in [-0.3, -0.25) is 0 Å². The molecule has 0 spiro atoms. The molecule has 0 unspecified atom stereocenters. The number of halogens is 1. The van der Waals surface area contributed by atoms with Crippen LogP contribution in [0.5, 0.6) is 5.75 Å². The lowest BCUT2D eigenvalue weighted by Gasteiger charge is -2.13. The van der Waals surface area contributed by atoms with E-state index in [4.69, 9.17) is 16.3 Å². The molecule has 0 fully saturated rings. The highest BCUT2D eigenvalue weighted by Crippen LogP contribution is 2.25. The Balaban J connectivity index is 1.94. The highest BCUT2D eigenvalue weighted by molar-refractivity contribution is 7.89. The lowest BCUT2D eigenvalue weighted by Crippen LogP contribution is -2.22. The SMILES string of the molecule is CN(C)S(=O)(=O)c1ccc(Cl)c(C(=O)Oc2ccc3ccccc3c2)c1. The van der Waals surface area contributed by atoms with Gasteiger partial charge in [0.05, 0.1) is 15.5 Å². The van der Waals surface area contributed by atoms with Crippen molar-refractivity contribution >= 4 is 38.4 Å². The zero-order valence-electron chi connectivity index (χ0n) is 14.1. The Morgan fingerprint density at radius 3 is 2.35 bits per heavy atom. The molecule has 0 aromatic heterocycles. The third kappa shape index (κ3) is 3.58. The lowest BCUT2D eigenvalue weighted by molar-refractivity contribution is 0.0735. The van der Waals surface area contributed by atoms with Crippen LogP contribution in [0.1, 0.15) is 10.4 Å². The molecule has 0 amide bonds. The van der Waals surface area contributed by atoms with E-state index in [-0.39, 0.29) is 15.5 Å². The molecule has 0 bridgehead atoms. The first-order valence-corrected chi connectivity index (χ1v) is 9.54. The largest absolute Gasteiger partial charge is 0.423 e. The molecule has 0 aliphatic rings.